The van der Waals surface area contributed by atoms with Crippen LogP contribution in [0.4, 0.5) is 0 Å². The molecule has 1 heterocycles. The number of hydrogen-bond acceptors (Lipinski definition) is 4. The lowest BCUT2D eigenvalue weighted by molar-refractivity contribution is -0.141. The van der Waals surface area contributed by atoms with Gasteiger partial charge in [-0.15, -0.1) is 0 Å². The van der Waals surface area contributed by atoms with E-state index in [4.69, 9.17) is 4.74 Å². The SMILES string of the molecule is COc1cc(C)c(/C(O)=C2\C(=O)C(=O)N(C3CCCCC3)C2c2cccc(C)c2)cc1C(C)C. The molecule has 1 aliphatic heterocycles. The summed E-state index contributed by atoms with van der Waals surface area (Å²) >= 11 is 0. The molecule has 34 heavy (non-hydrogen) atoms. The van der Waals surface area contributed by atoms with Crippen molar-refractivity contribution in [2.24, 2.45) is 0 Å². The molecule has 1 unspecified atom stereocenters. The van der Waals surface area contributed by atoms with E-state index < -0.39 is 17.7 Å². The third-order valence-corrected chi connectivity index (χ3v) is 7.26. The van der Waals surface area contributed by atoms with E-state index in [1.165, 1.54) is 0 Å². The van der Waals surface area contributed by atoms with Crippen LogP contribution in [0, 0.1) is 13.8 Å². The Balaban J connectivity index is 1.93. The lowest BCUT2D eigenvalue weighted by atomic mass is 9.89. The number of carbonyl (C=O) groups is 2. The van der Waals surface area contributed by atoms with Gasteiger partial charge in [-0.2, -0.15) is 0 Å². The fourth-order valence-corrected chi connectivity index (χ4v) is 5.48. The monoisotopic (exact) mass is 461 g/mol. The zero-order valence-corrected chi connectivity index (χ0v) is 20.9. The summed E-state index contributed by atoms with van der Waals surface area (Å²) in [5.74, 6) is -0.294. The summed E-state index contributed by atoms with van der Waals surface area (Å²) in [4.78, 5) is 28.6. The minimum absolute atomic E-state index is 0.00389. The molecule has 1 amide bonds. The molecule has 0 bridgehead atoms. The van der Waals surface area contributed by atoms with Crippen molar-refractivity contribution in [1.82, 2.24) is 4.90 Å². The average Bonchev–Trinajstić information content (AvgIpc) is 3.09. The Morgan fingerprint density at radius 2 is 1.76 bits per heavy atom. The summed E-state index contributed by atoms with van der Waals surface area (Å²) in [5, 5.41) is 11.6. The summed E-state index contributed by atoms with van der Waals surface area (Å²) in [6, 6.07) is 11.1. The molecule has 2 fully saturated rings. The van der Waals surface area contributed by atoms with Crippen LogP contribution in [0.3, 0.4) is 0 Å². The van der Waals surface area contributed by atoms with Crippen molar-refractivity contribution >= 4 is 17.4 Å². The molecule has 2 aliphatic rings. The summed E-state index contributed by atoms with van der Waals surface area (Å²) in [5.41, 5.74) is 4.41. The number of hydrogen-bond donors (Lipinski definition) is 1. The highest BCUT2D eigenvalue weighted by molar-refractivity contribution is 6.46. The molecule has 1 saturated carbocycles. The first kappa shape index (κ1) is 24.1. The Bertz CT molecular complexity index is 1140. The van der Waals surface area contributed by atoms with Crippen LogP contribution >= 0.6 is 0 Å². The minimum atomic E-state index is -0.601. The number of likely N-dealkylation sites (tertiary alicyclic amines) is 1. The number of aryl methyl sites for hydroxylation is 2. The molecular weight excluding hydrogens is 426 g/mol. The first-order chi connectivity index (χ1) is 16.2. The molecule has 5 nitrogen and oxygen atoms in total. The van der Waals surface area contributed by atoms with Crippen molar-refractivity contribution in [3.05, 3.63) is 69.8 Å². The van der Waals surface area contributed by atoms with Crippen LogP contribution in [0.25, 0.3) is 5.76 Å². The van der Waals surface area contributed by atoms with Crippen molar-refractivity contribution in [3.8, 4) is 5.75 Å². The van der Waals surface area contributed by atoms with Crippen molar-refractivity contribution in [3.63, 3.8) is 0 Å². The van der Waals surface area contributed by atoms with Gasteiger partial charge in [0, 0.05) is 11.6 Å². The zero-order valence-electron chi connectivity index (χ0n) is 20.9. The molecule has 5 heteroatoms. The Morgan fingerprint density at radius 3 is 2.38 bits per heavy atom. The highest BCUT2D eigenvalue weighted by atomic mass is 16.5. The Labute approximate surface area is 202 Å². The number of methoxy groups -OCH3 is 1. The van der Waals surface area contributed by atoms with Gasteiger partial charge in [-0.05, 0) is 61.4 Å². The maximum absolute atomic E-state index is 13.5. The van der Waals surface area contributed by atoms with Crippen LogP contribution in [-0.4, -0.2) is 34.8 Å². The quantitative estimate of drug-likeness (QED) is 0.327. The number of Topliss-reactive ketones (excluding diaryl/α,β-unsaturated/α-hetero) is 1. The van der Waals surface area contributed by atoms with E-state index in [0.717, 1.165) is 60.1 Å². The molecule has 0 radical (unpaired) electrons. The van der Waals surface area contributed by atoms with Crippen LogP contribution in [-0.2, 0) is 9.59 Å². The smallest absolute Gasteiger partial charge is 0.295 e. The highest BCUT2D eigenvalue weighted by Gasteiger charge is 2.49. The third kappa shape index (κ3) is 4.24. The molecule has 1 atom stereocenters. The van der Waals surface area contributed by atoms with Crippen LogP contribution in [0.2, 0.25) is 0 Å². The standard InChI is InChI=1S/C29H35NO4/c1-17(2)22-16-23(19(4)15-24(22)34-5)27(31)25-26(20-11-9-10-18(3)14-20)30(29(33)28(25)32)21-12-7-6-8-13-21/h9-11,14-17,21,26,31H,6-8,12-13H2,1-5H3/b27-25+. The summed E-state index contributed by atoms with van der Waals surface area (Å²) in [6.45, 7) is 8.01. The van der Waals surface area contributed by atoms with E-state index in [0.29, 0.717) is 5.56 Å². The number of aliphatic hydroxyl groups excluding tert-OH is 1. The molecule has 0 spiro atoms. The Kier molecular flexibility index (Phi) is 6.83. The van der Waals surface area contributed by atoms with Gasteiger partial charge in [-0.25, -0.2) is 0 Å². The fourth-order valence-electron chi connectivity index (χ4n) is 5.48. The van der Waals surface area contributed by atoms with Gasteiger partial charge in [0.2, 0.25) is 0 Å². The Morgan fingerprint density at radius 1 is 1.06 bits per heavy atom. The first-order valence-electron chi connectivity index (χ1n) is 12.3. The number of carbonyl (C=O) groups excluding carboxylic acids is 2. The number of benzene rings is 2. The van der Waals surface area contributed by atoms with Crippen molar-refractivity contribution in [1.29, 1.82) is 0 Å². The van der Waals surface area contributed by atoms with Crippen molar-refractivity contribution < 1.29 is 19.4 Å². The predicted molar refractivity (Wildman–Crippen MR) is 134 cm³/mol. The molecule has 180 valence electrons. The van der Waals surface area contributed by atoms with Crippen molar-refractivity contribution in [2.45, 2.75) is 77.8 Å². The van der Waals surface area contributed by atoms with Crippen LogP contribution in [0.15, 0.2) is 42.0 Å². The highest BCUT2D eigenvalue weighted by Crippen LogP contribution is 2.44. The van der Waals surface area contributed by atoms with Gasteiger partial charge in [0.05, 0.1) is 18.7 Å². The van der Waals surface area contributed by atoms with Gasteiger partial charge in [0.15, 0.2) is 0 Å². The van der Waals surface area contributed by atoms with Gasteiger partial charge >= 0.3 is 0 Å². The number of ketones is 1. The second-order valence-corrected chi connectivity index (χ2v) is 9.98. The maximum Gasteiger partial charge on any atom is 0.295 e. The number of amides is 1. The summed E-state index contributed by atoms with van der Waals surface area (Å²) in [7, 11) is 1.63. The Hall–Kier alpha value is -3.08. The van der Waals surface area contributed by atoms with Gasteiger partial charge in [0.1, 0.15) is 11.5 Å². The van der Waals surface area contributed by atoms with Crippen molar-refractivity contribution in [2.75, 3.05) is 7.11 Å². The van der Waals surface area contributed by atoms with Crippen LogP contribution in [0.5, 0.6) is 5.75 Å². The van der Waals surface area contributed by atoms with E-state index in [2.05, 4.69) is 13.8 Å². The second kappa shape index (κ2) is 9.65. The first-order valence-corrected chi connectivity index (χ1v) is 12.3. The molecule has 2 aromatic carbocycles. The number of nitrogens with zero attached hydrogens (tertiary/aromatic N) is 1. The van der Waals surface area contributed by atoms with Gasteiger partial charge < -0.3 is 14.7 Å². The number of rotatable bonds is 5. The summed E-state index contributed by atoms with van der Waals surface area (Å²) in [6.07, 6.45) is 5.01. The summed E-state index contributed by atoms with van der Waals surface area (Å²) < 4.78 is 5.56. The molecule has 1 aliphatic carbocycles. The minimum Gasteiger partial charge on any atom is -0.507 e. The molecule has 2 aromatic rings. The lowest BCUT2D eigenvalue weighted by Gasteiger charge is -2.35. The average molecular weight is 462 g/mol. The van der Waals surface area contributed by atoms with E-state index in [1.807, 2.05) is 50.2 Å². The van der Waals surface area contributed by atoms with Gasteiger partial charge in [-0.1, -0.05) is 62.9 Å². The normalized spacial score (nSPS) is 20.9. The number of ether oxygens (including phenoxy) is 1. The van der Waals surface area contributed by atoms with Crippen LogP contribution in [0.1, 0.15) is 85.7 Å². The fraction of sp³-hybridized carbons (Fsp3) is 0.448. The lowest BCUT2D eigenvalue weighted by Crippen LogP contribution is -2.40. The number of aliphatic hydroxyl groups is 1. The van der Waals surface area contributed by atoms with Gasteiger partial charge in [0.25, 0.3) is 11.7 Å². The maximum atomic E-state index is 13.5. The molecule has 1 saturated heterocycles. The largest absolute Gasteiger partial charge is 0.507 e. The van der Waals surface area contributed by atoms with Crippen LogP contribution < -0.4 is 4.74 Å². The zero-order chi connectivity index (χ0) is 24.6. The second-order valence-electron chi connectivity index (χ2n) is 9.98. The molecular formula is C29H35NO4. The van der Waals surface area contributed by atoms with E-state index in [-0.39, 0.29) is 23.3 Å². The van der Waals surface area contributed by atoms with E-state index >= 15 is 0 Å². The third-order valence-electron chi connectivity index (χ3n) is 7.26. The van der Waals surface area contributed by atoms with E-state index in [9.17, 15) is 14.7 Å². The molecule has 4 rings (SSSR count). The topological polar surface area (TPSA) is 66.8 Å². The van der Waals surface area contributed by atoms with Gasteiger partial charge in [-0.3, -0.25) is 9.59 Å². The van der Waals surface area contributed by atoms with E-state index in [1.54, 1.807) is 12.0 Å². The predicted octanol–water partition coefficient (Wildman–Crippen LogP) is 6.19. The molecule has 1 N–H and O–H groups in total. The molecule has 0 aromatic heterocycles.